The van der Waals surface area contributed by atoms with E-state index in [1.54, 1.807) is 12.3 Å². The van der Waals surface area contributed by atoms with Gasteiger partial charge in [-0.25, -0.2) is 9.97 Å². The van der Waals surface area contributed by atoms with E-state index in [9.17, 15) is 0 Å². The molecule has 2 N–H and O–H groups in total. The van der Waals surface area contributed by atoms with Crippen LogP contribution < -0.4 is 5.73 Å². The Bertz CT molecular complexity index is 482. The van der Waals surface area contributed by atoms with E-state index in [1.165, 1.54) is 0 Å². The molecule has 0 aromatic carbocycles. The SMILES string of the molecule is C=C/C(=C\C=C/C)c1ncc(/C=C/C)c(N)n1. The summed E-state index contributed by atoms with van der Waals surface area (Å²) in [6.07, 6.45) is 12.9. The summed E-state index contributed by atoms with van der Waals surface area (Å²) < 4.78 is 0. The van der Waals surface area contributed by atoms with Crippen molar-refractivity contribution in [3.8, 4) is 0 Å². The molecule has 88 valence electrons. The van der Waals surface area contributed by atoms with Gasteiger partial charge in [0.15, 0.2) is 5.82 Å². The Hall–Kier alpha value is -2.16. The van der Waals surface area contributed by atoms with E-state index in [-0.39, 0.29) is 0 Å². The lowest BCUT2D eigenvalue weighted by Gasteiger charge is -2.03. The lowest BCUT2D eigenvalue weighted by Crippen LogP contribution is -2.00. The maximum absolute atomic E-state index is 5.85. The highest BCUT2D eigenvalue weighted by atomic mass is 14.9. The monoisotopic (exact) mass is 227 g/mol. The van der Waals surface area contributed by atoms with Gasteiger partial charge in [0.2, 0.25) is 0 Å². The molecule has 1 aromatic heterocycles. The summed E-state index contributed by atoms with van der Waals surface area (Å²) in [5.41, 5.74) is 7.52. The molecule has 0 aliphatic heterocycles. The second-order valence-corrected chi connectivity index (χ2v) is 3.39. The van der Waals surface area contributed by atoms with Gasteiger partial charge < -0.3 is 5.73 Å². The number of allylic oxidation sites excluding steroid dienone is 6. The van der Waals surface area contributed by atoms with Crippen molar-refractivity contribution >= 4 is 17.5 Å². The van der Waals surface area contributed by atoms with Gasteiger partial charge in [0.25, 0.3) is 0 Å². The minimum atomic E-state index is 0.473. The largest absolute Gasteiger partial charge is 0.383 e. The topological polar surface area (TPSA) is 51.8 Å². The van der Waals surface area contributed by atoms with Crippen LogP contribution in [0, 0.1) is 0 Å². The maximum Gasteiger partial charge on any atom is 0.161 e. The van der Waals surface area contributed by atoms with Crippen molar-refractivity contribution in [2.45, 2.75) is 13.8 Å². The lowest BCUT2D eigenvalue weighted by molar-refractivity contribution is 1.12. The van der Waals surface area contributed by atoms with E-state index in [0.29, 0.717) is 11.6 Å². The van der Waals surface area contributed by atoms with Crippen LogP contribution in [-0.4, -0.2) is 9.97 Å². The Labute approximate surface area is 102 Å². The zero-order valence-electron chi connectivity index (χ0n) is 10.2. The second-order valence-electron chi connectivity index (χ2n) is 3.39. The van der Waals surface area contributed by atoms with Gasteiger partial charge in [-0.1, -0.05) is 43.0 Å². The molecule has 1 aromatic rings. The van der Waals surface area contributed by atoms with Crippen LogP contribution >= 0.6 is 0 Å². The van der Waals surface area contributed by atoms with Gasteiger partial charge in [-0.15, -0.1) is 0 Å². The standard InChI is InChI=1S/C14H17N3/c1-4-7-9-11(6-3)14-16-10-12(8-5-2)13(15)17-14/h4-10H,3H2,1-2H3,(H2,15,16,17)/b7-4-,8-5+,11-9+. The first-order valence-corrected chi connectivity index (χ1v) is 5.44. The van der Waals surface area contributed by atoms with E-state index >= 15 is 0 Å². The third kappa shape index (κ3) is 3.41. The van der Waals surface area contributed by atoms with Gasteiger partial charge in [-0.2, -0.15) is 0 Å². The molecular formula is C14H17N3. The number of hydrogen-bond donors (Lipinski definition) is 1. The minimum Gasteiger partial charge on any atom is -0.383 e. The average Bonchev–Trinajstić information content (AvgIpc) is 2.33. The molecule has 0 aliphatic rings. The molecule has 1 heterocycles. The van der Waals surface area contributed by atoms with E-state index in [0.717, 1.165) is 11.1 Å². The quantitative estimate of drug-likeness (QED) is 0.803. The van der Waals surface area contributed by atoms with Gasteiger partial charge in [-0.05, 0) is 13.8 Å². The normalized spacial score (nSPS) is 12.5. The van der Waals surface area contributed by atoms with Crippen molar-refractivity contribution in [1.29, 1.82) is 0 Å². The Morgan fingerprint density at radius 1 is 1.35 bits per heavy atom. The summed E-state index contributed by atoms with van der Waals surface area (Å²) in [6, 6.07) is 0. The zero-order chi connectivity index (χ0) is 12.7. The highest BCUT2D eigenvalue weighted by Gasteiger charge is 2.03. The van der Waals surface area contributed by atoms with Gasteiger partial charge in [0.05, 0.1) is 0 Å². The smallest absolute Gasteiger partial charge is 0.161 e. The third-order valence-electron chi connectivity index (χ3n) is 2.14. The first-order chi connectivity index (χ1) is 8.22. The van der Waals surface area contributed by atoms with Crippen molar-refractivity contribution in [3.63, 3.8) is 0 Å². The fraction of sp³-hybridized carbons (Fsp3) is 0.143. The molecule has 0 atom stereocenters. The van der Waals surface area contributed by atoms with Crippen molar-refractivity contribution in [2.75, 3.05) is 5.73 Å². The Kier molecular flexibility index (Phi) is 4.88. The molecule has 0 aliphatic carbocycles. The highest BCUT2D eigenvalue weighted by Crippen LogP contribution is 2.15. The average molecular weight is 227 g/mol. The first kappa shape index (κ1) is 12.9. The molecule has 1 rings (SSSR count). The van der Waals surface area contributed by atoms with E-state index < -0.39 is 0 Å². The molecule has 3 nitrogen and oxygen atoms in total. The van der Waals surface area contributed by atoms with Crippen molar-refractivity contribution < 1.29 is 0 Å². The Morgan fingerprint density at radius 2 is 2.12 bits per heavy atom. The summed E-state index contributed by atoms with van der Waals surface area (Å²) in [4.78, 5) is 8.52. The van der Waals surface area contributed by atoms with Crippen LogP contribution in [0.3, 0.4) is 0 Å². The number of nitrogen functional groups attached to an aromatic ring is 1. The van der Waals surface area contributed by atoms with Gasteiger partial charge >= 0.3 is 0 Å². The predicted molar refractivity (Wildman–Crippen MR) is 74.1 cm³/mol. The summed E-state index contributed by atoms with van der Waals surface area (Å²) in [5.74, 6) is 1.06. The van der Waals surface area contributed by atoms with Gasteiger partial charge in [-0.3, -0.25) is 0 Å². The van der Waals surface area contributed by atoms with Crippen molar-refractivity contribution in [1.82, 2.24) is 9.97 Å². The number of hydrogen-bond acceptors (Lipinski definition) is 3. The fourth-order valence-corrected chi connectivity index (χ4v) is 1.29. The van der Waals surface area contributed by atoms with Gasteiger partial charge in [0, 0.05) is 17.3 Å². The number of nitrogens with two attached hydrogens (primary N) is 1. The van der Waals surface area contributed by atoms with Crippen molar-refractivity contribution in [3.05, 3.63) is 54.5 Å². The first-order valence-electron chi connectivity index (χ1n) is 5.44. The molecule has 0 saturated carbocycles. The molecule has 0 bridgehead atoms. The van der Waals surface area contributed by atoms with Gasteiger partial charge in [0.1, 0.15) is 5.82 Å². The molecule has 0 unspecified atom stereocenters. The van der Waals surface area contributed by atoms with Crippen LogP contribution in [0.25, 0.3) is 11.6 Å². The van der Waals surface area contributed by atoms with Crippen LogP contribution in [0.5, 0.6) is 0 Å². The number of aromatic nitrogens is 2. The second kappa shape index (κ2) is 6.43. The zero-order valence-corrected chi connectivity index (χ0v) is 10.2. The van der Waals surface area contributed by atoms with E-state index in [1.807, 2.05) is 44.2 Å². The molecule has 0 radical (unpaired) electrons. The third-order valence-corrected chi connectivity index (χ3v) is 2.14. The lowest BCUT2D eigenvalue weighted by atomic mass is 10.2. The number of rotatable bonds is 4. The molecule has 17 heavy (non-hydrogen) atoms. The molecule has 0 fully saturated rings. The highest BCUT2D eigenvalue weighted by molar-refractivity contribution is 5.72. The summed E-state index contributed by atoms with van der Waals surface area (Å²) in [6.45, 7) is 7.61. The summed E-state index contributed by atoms with van der Waals surface area (Å²) >= 11 is 0. The van der Waals surface area contributed by atoms with Crippen LogP contribution in [0.1, 0.15) is 25.2 Å². The van der Waals surface area contributed by atoms with E-state index in [4.69, 9.17) is 5.73 Å². The van der Waals surface area contributed by atoms with Crippen LogP contribution in [0.2, 0.25) is 0 Å². The summed E-state index contributed by atoms with van der Waals surface area (Å²) in [5, 5.41) is 0. The molecule has 3 heteroatoms. The molecule has 0 amide bonds. The number of nitrogens with zero attached hydrogens (tertiary/aromatic N) is 2. The minimum absolute atomic E-state index is 0.473. The molecule has 0 saturated heterocycles. The Morgan fingerprint density at radius 3 is 2.65 bits per heavy atom. The van der Waals surface area contributed by atoms with Crippen LogP contribution in [0.4, 0.5) is 5.82 Å². The maximum atomic E-state index is 5.85. The van der Waals surface area contributed by atoms with E-state index in [2.05, 4.69) is 16.5 Å². The number of anilines is 1. The van der Waals surface area contributed by atoms with Crippen molar-refractivity contribution in [2.24, 2.45) is 0 Å². The Balaban J connectivity index is 3.15. The summed E-state index contributed by atoms with van der Waals surface area (Å²) in [7, 11) is 0. The predicted octanol–water partition coefficient (Wildman–Crippen LogP) is 3.24. The fourth-order valence-electron chi connectivity index (χ4n) is 1.29. The molecular weight excluding hydrogens is 210 g/mol. The van der Waals surface area contributed by atoms with Crippen LogP contribution in [0.15, 0.2) is 43.2 Å². The molecule has 0 spiro atoms. The van der Waals surface area contributed by atoms with Crippen LogP contribution in [-0.2, 0) is 0 Å².